The molecule has 2 saturated heterocycles. The molecule has 0 saturated carbocycles. The fraction of sp³-hybridized carbons (Fsp3) is 0.632. The number of nitrogens with zero attached hydrogens (tertiary/aromatic N) is 4. The van der Waals surface area contributed by atoms with E-state index in [1.807, 2.05) is 4.90 Å². The Balaban J connectivity index is 1.41. The van der Waals surface area contributed by atoms with Crippen molar-refractivity contribution in [2.75, 3.05) is 32.8 Å². The van der Waals surface area contributed by atoms with Gasteiger partial charge in [-0.15, -0.1) is 0 Å². The Morgan fingerprint density at radius 2 is 2.10 bits per heavy atom. The van der Waals surface area contributed by atoms with Crippen LogP contribution in [-0.2, 0) is 14.3 Å². The molecule has 0 spiro atoms. The van der Waals surface area contributed by atoms with Crippen molar-refractivity contribution in [2.45, 2.75) is 38.6 Å². The summed E-state index contributed by atoms with van der Waals surface area (Å²) in [5.74, 6) is -0.0119. The number of fused-ring (bicyclic) bond motifs is 3. The summed E-state index contributed by atoms with van der Waals surface area (Å²) < 4.78 is 10.9. The summed E-state index contributed by atoms with van der Waals surface area (Å²) in [6.07, 6.45) is 1.87. The molecule has 0 radical (unpaired) electrons. The van der Waals surface area contributed by atoms with Crippen molar-refractivity contribution in [3.63, 3.8) is 0 Å². The molecule has 0 aliphatic carbocycles. The average molecular weight is 403 g/mol. The molecule has 2 fully saturated rings. The van der Waals surface area contributed by atoms with Gasteiger partial charge in [0.05, 0.1) is 24.9 Å². The number of rotatable bonds is 4. The Kier molecular flexibility index (Phi) is 5.61. The summed E-state index contributed by atoms with van der Waals surface area (Å²) in [6, 6.07) is 1.40. The molecule has 3 amide bonds. The van der Waals surface area contributed by atoms with E-state index in [4.69, 9.17) is 9.26 Å². The number of carbonyl (C=O) groups excluding carboxylic acids is 3. The molecule has 156 valence electrons. The van der Waals surface area contributed by atoms with Gasteiger partial charge in [-0.3, -0.25) is 14.4 Å². The average Bonchev–Trinajstić information content (AvgIpc) is 2.93. The van der Waals surface area contributed by atoms with Gasteiger partial charge < -0.3 is 19.1 Å². The molecule has 0 unspecified atom stereocenters. The number of carbonyl (C=O) groups is 3. The van der Waals surface area contributed by atoms with E-state index in [0.29, 0.717) is 64.2 Å². The molecule has 4 heterocycles. The number of hydrazone groups is 1. The van der Waals surface area contributed by atoms with E-state index in [9.17, 15) is 14.4 Å². The van der Waals surface area contributed by atoms with Gasteiger partial charge in [0.1, 0.15) is 0 Å². The lowest BCUT2D eigenvalue weighted by atomic mass is 10.1. The van der Waals surface area contributed by atoms with E-state index in [2.05, 4.69) is 15.7 Å². The van der Waals surface area contributed by atoms with Gasteiger partial charge in [-0.2, -0.15) is 5.10 Å². The van der Waals surface area contributed by atoms with Crippen molar-refractivity contribution >= 4 is 23.4 Å². The van der Waals surface area contributed by atoms with Crippen molar-refractivity contribution in [3.8, 4) is 0 Å². The Morgan fingerprint density at radius 1 is 1.24 bits per heavy atom. The maximum absolute atomic E-state index is 12.9. The number of ether oxygens (including phenoxy) is 1. The Labute approximate surface area is 168 Å². The maximum Gasteiger partial charge on any atom is 0.292 e. The van der Waals surface area contributed by atoms with Crippen molar-refractivity contribution in [1.82, 2.24) is 20.4 Å². The summed E-state index contributed by atoms with van der Waals surface area (Å²) in [5, 5.41) is 7.83. The van der Waals surface area contributed by atoms with E-state index in [0.717, 1.165) is 5.71 Å². The van der Waals surface area contributed by atoms with Crippen LogP contribution in [0, 0.1) is 12.8 Å². The van der Waals surface area contributed by atoms with Crippen LogP contribution in [0.15, 0.2) is 15.7 Å². The minimum absolute atomic E-state index is 0.0336. The zero-order valence-corrected chi connectivity index (χ0v) is 16.4. The highest BCUT2D eigenvalue weighted by molar-refractivity contribution is 5.94. The predicted octanol–water partition coefficient (Wildman–Crippen LogP) is 0.329. The van der Waals surface area contributed by atoms with Gasteiger partial charge >= 0.3 is 0 Å². The second-order valence-electron chi connectivity index (χ2n) is 7.86. The maximum atomic E-state index is 12.9. The molecule has 4 rings (SSSR count). The lowest BCUT2D eigenvalue weighted by Gasteiger charge is -2.31. The lowest BCUT2D eigenvalue weighted by molar-refractivity contribution is -0.132. The molecule has 1 aromatic heterocycles. The van der Waals surface area contributed by atoms with Gasteiger partial charge in [0.2, 0.25) is 17.6 Å². The number of aromatic nitrogens is 1. The number of aryl methyl sites for hydroxylation is 1. The van der Waals surface area contributed by atoms with Crippen molar-refractivity contribution in [2.24, 2.45) is 11.0 Å². The Hall–Kier alpha value is -2.75. The number of amides is 3. The number of hydrogen-bond acceptors (Lipinski definition) is 7. The van der Waals surface area contributed by atoms with E-state index >= 15 is 0 Å². The summed E-state index contributed by atoms with van der Waals surface area (Å²) in [4.78, 5) is 40.5. The second kappa shape index (κ2) is 8.32. The number of hydrogen-bond donors (Lipinski definition) is 1. The monoisotopic (exact) mass is 403 g/mol. The first-order valence-electron chi connectivity index (χ1n) is 9.93. The molecule has 10 nitrogen and oxygen atoms in total. The third-order valence-electron chi connectivity index (χ3n) is 5.53. The molecule has 2 bridgehead atoms. The zero-order valence-electron chi connectivity index (χ0n) is 16.4. The topological polar surface area (TPSA) is 117 Å². The third-order valence-corrected chi connectivity index (χ3v) is 5.53. The normalized spacial score (nSPS) is 24.6. The molecule has 1 N–H and O–H groups in total. The van der Waals surface area contributed by atoms with Gasteiger partial charge in [0.25, 0.3) is 5.91 Å². The first-order chi connectivity index (χ1) is 14.0. The SMILES string of the molecule is Cc1cc(C(=O)N2C[C@H]3COC[C@@H]2CN(C(=O)CCC2=NNC(=O)CC2)C3)on1. The molecule has 1 aromatic rings. The molecule has 3 aliphatic rings. The highest BCUT2D eigenvalue weighted by atomic mass is 16.5. The summed E-state index contributed by atoms with van der Waals surface area (Å²) in [5.41, 5.74) is 3.96. The fourth-order valence-electron chi connectivity index (χ4n) is 4.00. The van der Waals surface area contributed by atoms with Crippen LogP contribution in [-0.4, -0.2) is 77.3 Å². The lowest BCUT2D eigenvalue weighted by Crippen LogP contribution is -2.47. The van der Waals surface area contributed by atoms with Gasteiger partial charge in [0.15, 0.2) is 0 Å². The zero-order chi connectivity index (χ0) is 20.4. The van der Waals surface area contributed by atoms with Crippen LogP contribution in [0.2, 0.25) is 0 Å². The van der Waals surface area contributed by atoms with Crippen LogP contribution in [0.4, 0.5) is 0 Å². The standard InChI is InChI=1S/C19H25N5O5/c1-12-6-16(29-22-12)19(27)24-8-13-7-23(9-15(24)11-28-10-13)18(26)5-3-14-2-4-17(25)21-20-14/h6,13,15H,2-5,7-11H2,1H3,(H,21,25)/t13-,15-/m0/s1. The first kappa shape index (κ1) is 19.6. The minimum atomic E-state index is -0.226. The first-order valence-corrected chi connectivity index (χ1v) is 9.93. The number of nitrogens with one attached hydrogen (secondary N) is 1. The van der Waals surface area contributed by atoms with Crippen LogP contribution in [0.25, 0.3) is 0 Å². The molecular formula is C19H25N5O5. The molecule has 0 aromatic carbocycles. The summed E-state index contributed by atoms with van der Waals surface area (Å²) in [6.45, 7) is 4.17. The van der Waals surface area contributed by atoms with E-state index in [-0.39, 0.29) is 35.4 Å². The molecule has 2 atom stereocenters. The van der Waals surface area contributed by atoms with Crippen LogP contribution in [0.1, 0.15) is 41.9 Å². The van der Waals surface area contributed by atoms with Gasteiger partial charge in [0, 0.05) is 50.2 Å². The van der Waals surface area contributed by atoms with Crippen molar-refractivity contribution in [1.29, 1.82) is 0 Å². The highest BCUT2D eigenvalue weighted by Crippen LogP contribution is 2.23. The van der Waals surface area contributed by atoms with Crippen LogP contribution in [0.3, 0.4) is 0 Å². The quantitative estimate of drug-likeness (QED) is 0.774. The van der Waals surface area contributed by atoms with Crippen LogP contribution >= 0.6 is 0 Å². The summed E-state index contributed by atoms with van der Waals surface area (Å²) in [7, 11) is 0. The van der Waals surface area contributed by atoms with E-state index < -0.39 is 0 Å². The van der Waals surface area contributed by atoms with Crippen LogP contribution in [0.5, 0.6) is 0 Å². The molecule has 3 aliphatic heterocycles. The van der Waals surface area contributed by atoms with Crippen molar-refractivity contribution < 1.29 is 23.6 Å². The highest BCUT2D eigenvalue weighted by Gasteiger charge is 2.38. The minimum Gasteiger partial charge on any atom is -0.379 e. The largest absolute Gasteiger partial charge is 0.379 e. The van der Waals surface area contributed by atoms with Crippen molar-refractivity contribution in [3.05, 3.63) is 17.5 Å². The molecule has 10 heteroatoms. The third kappa shape index (κ3) is 4.47. The smallest absolute Gasteiger partial charge is 0.292 e. The van der Waals surface area contributed by atoms with Gasteiger partial charge in [-0.25, -0.2) is 5.43 Å². The predicted molar refractivity (Wildman–Crippen MR) is 101 cm³/mol. The van der Waals surface area contributed by atoms with E-state index in [1.54, 1.807) is 17.9 Å². The Bertz CT molecular complexity index is 835. The van der Waals surface area contributed by atoms with Crippen LogP contribution < -0.4 is 5.43 Å². The molecular weight excluding hydrogens is 378 g/mol. The van der Waals surface area contributed by atoms with E-state index in [1.165, 1.54) is 0 Å². The second-order valence-corrected chi connectivity index (χ2v) is 7.86. The van der Waals surface area contributed by atoms with Gasteiger partial charge in [-0.05, 0) is 19.8 Å². The summed E-state index contributed by atoms with van der Waals surface area (Å²) >= 11 is 0. The molecule has 29 heavy (non-hydrogen) atoms. The Morgan fingerprint density at radius 3 is 2.83 bits per heavy atom. The van der Waals surface area contributed by atoms with Gasteiger partial charge in [-0.1, -0.05) is 5.16 Å². The fourth-order valence-corrected chi connectivity index (χ4v) is 4.00.